The summed E-state index contributed by atoms with van der Waals surface area (Å²) in [6.07, 6.45) is 4.05. The van der Waals surface area contributed by atoms with Crippen LogP contribution in [0.2, 0.25) is 0 Å². The summed E-state index contributed by atoms with van der Waals surface area (Å²) >= 11 is 0. The number of rotatable bonds is 2. The summed E-state index contributed by atoms with van der Waals surface area (Å²) in [5.74, 6) is 1.27. The van der Waals surface area contributed by atoms with E-state index in [9.17, 15) is 14.4 Å². The minimum atomic E-state index is -0.264. The van der Waals surface area contributed by atoms with Crippen LogP contribution >= 0.6 is 0 Å². The quantitative estimate of drug-likeness (QED) is 0.434. The summed E-state index contributed by atoms with van der Waals surface area (Å²) in [6.45, 7) is 4.93. The number of carbonyl (C=O) groups is 3. The van der Waals surface area contributed by atoms with Crippen LogP contribution in [0.25, 0.3) is 0 Å². The van der Waals surface area contributed by atoms with Gasteiger partial charge >= 0.3 is 5.97 Å². The molecule has 3 saturated carbocycles. The summed E-state index contributed by atoms with van der Waals surface area (Å²) in [6, 6.07) is 0.0744. The highest BCUT2D eigenvalue weighted by Crippen LogP contribution is 2.65. The number of hydrogen-bond acceptors (Lipinski definition) is 4. The van der Waals surface area contributed by atoms with Gasteiger partial charge in [0, 0.05) is 6.92 Å². The van der Waals surface area contributed by atoms with Crippen molar-refractivity contribution in [3.05, 3.63) is 12.7 Å². The second-order valence-electron chi connectivity index (χ2n) is 6.86. The summed E-state index contributed by atoms with van der Waals surface area (Å²) in [5, 5.41) is 0. The number of fused-ring (bicyclic) bond motifs is 8. The molecule has 0 aromatic heterocycles. The fourth-order valence-electron chi connectivity index (χ4n) is 5.62. The van der Waals surface area contributed by atoms with Crippen LogP contribution in [0.5, 0.6) is 0 Å². The van der Waals surface area contributed by atoms with Gasteiger partial charge in [0.15, 0.2) is 0 Å². The third kappa shape index (κ3) is 1.54. The molecule has 3 aliphatic carbocycles. The van der Waals surface area contributed by atoms with Crippen LogP contribution in [-0.2, 0) is 19.1 Å². The molecule has 7 atom stereocenters. The second kappa shape index (κ2) is 4.18. The fraction of sp³-hybridized carbons (Fsp3) is 0.688. The first-order valence-electron chi connectivity index (χ1n) is 7.69. The van der Waals surface area contributed by atoms with Crippen molar-refractivity contribution in [3.63, 3.8) is 0 Å². The van der Waals surface area contributed by atoms with Crippen LogP contribution in [0, 0.1) is 29.6 Å². The summed E-state index contributed by atoms with van der Waals surface area (Å²) in [7, 11) is 0. The topological polar surface area (TPSA) is 63.7 Å². The molecule has 5 nitrogen and oxygen atoms in total. The van der Waals surface area contributed by atoms with E-state index in [0.717, 1.165) is 19.3 Å². The van der Waals surface area contributed by atoms with Crippen LogP contribution in [0.1, 0.15) is 26.2 Å². The molecule has 1 aliphatic heterocycles. The number of likely N-dealkylation sites (tertiary alicyclic amines) is 1. The first kappa shape index (κ1) is 13.0. The summed E-state index contributed by atoms with van der Waals surface area (Å²) < 4.78 is 5.36. The average molecular weight is 289 g/mol. The Morgan fingerprint density at radius 1 is 1.19 bits per heavy atom. The third-order valence-corrected chi connectivity index (χ3v) is 6.10. The van der Waals surface area contributed by atoms with Gasteiger partial charge in [-0.15, -0.1) is 0 Å². The molecule has 1 heterocycles. The number of esters is 1. The predicted octanol–water partition coefficient (Wildman–Crippen LogP) is 1.13. The number of ether oxygens (including phenoxy) is 1. The molecule has 0 N–H and O–H groups in total. The van der Waals surface area contributed by atoms with E-state index in [4.69, 9.17) is 4.74 Å². The van der Waals surface area contributed by atoms with E-state index < -0.39 is 0 Å². The Balaban J connectivity index is 1.55. The van der Waals surface area contributed by atoms with Crippen LogP contribution in [0.4, 0.5) is 0 Å². The summed E-state index contributed by atoms with van der Waals surface area (Å²) in [5.41, 5.74) is 0. The standard InChI is InChI=1S/C16H19NO4/c1-3-13(19)17-15-12-6-11(14(15)16(17)20)9-4-8(5-10(9)12)21-7(2)18/h3,8-12,14-15H,1,4-6H2,2H3. The van der Waals surface area contributed by atoms with E-state index in [-0.39, 0.29) is 35.8 Å². The van der Waals surface area contributed by atoms with Gasteiger partial charge in [-0.1, -0.05) is 6.58 Å². The van der Waals surface area contributed by atoms with E-state index in [2.05, 4.69) is 6.58 Å². The Kier molecular flexibility index (Phi) is 2.60. The van der Waals surface area contributed by atoms with E-state index in [1.807, 2.05) is 0 Å². The highest BCUT2D eigenvalue weighted by atomic mass is 16.5. The van der Waals surface area contributed by atoms with Gasteiger partial charge in [0.05, 0.1) is 12.0 Å². The molecule has 112 valence electrons. The minimum absolute atomic E-state index is 0.000965. The van der Waals surface area contributed by atoms with Gasteiger partial charge in [-0.05, 0) is 49.0 Å². The fourth-order valence-corrected chi connectivity index (χ4v) is 5.62. The van der Waals surface area contributed by atoms with Crippen molar-refractivity contribution in [1.29, 1.82) is 0 Å². The number of nitrogens with zero attached hydrogens (tertiary/aromatic N) is 1. The largest absolute Gasteiger partial charge is 0.463 e. The molecule has 1 saturated heterocycles. The molecule has 2 amide bonds. The molecular weight excluding hydrogens is 270 g/mol. The number of carbonyl (C=O) groups excluding carboxylic acids is 3. The molecular formula is C16H19NO4. The van der Waals surface area contributed by atoms with E-state index in [1.165, 1.54) is 17.9 Å². The predicted molar refractivity (Wildman–Crippen MR) is 72.7 cm³/mol. The highest BCUT2D eigenvalue weighted by molar-refractivity contribution is 6.06. The lowest BCUT2D eigenvalue weighted by molar-refractivity contribution is -0.170. The van der Waals surface area contributed by atoms with Crippen LogP contribution < -0.4 is 0 Å². The van der Waals surface area contributed by atoms with E-state index in [0.29, 0.717) is 23.7 Å². The van der Waals surface area contributed by atoms with Crippen LogP contribution in [0.15, 0.2) is 12.7 Å². The molecule has 7 unspecified atom stereocenters. The van der Waals surface area contributed by atoms with Gasteiger partial charge < -0.3 is 4.74 Å². The molecule has 2 bridgehead atoms. The molecule has 21 heavy (non-hydrogen) atoms. The molecule has 0 radical (unpaired) electrons. The molecule has 4 rings (SSSR count). The average Bonchev–Trinajstić information content (AvgIpc) is 3.04. The number of β-lactam (4-membered cyclic amide) rings is 1. The Morgan fingerprint density at radius 3 is 2.48 bits per heavy atom. The van der Waals surface area contributed by atoms with Gasteiger partial charge in [-0.25, -0.2) is 0 Å². The van der Waals surface area contributed by atoms with E-state index in [1.54, 1.807) is 0 Å². The number of hydrogen-bond donors (Lipinski definition) is 0. The normalized spacial score (nSPS) is 45.9. The maximum absolute atomic E-state index is 12.3. The van der Waals surface area contributed by atoms with Crippen LogP contribution in [-0.4, -0.2) is 34.8 Å². The summed E-state index contributed by atoms with van der Waals surface area (Å²) in [4.78, 5) is 36.6. The van der Waals surface area contributed by atoms with Crippen molar-refractivity contribution in [2.45, 2.75) is 38.3 Å². The minimum Gasteiger partial charge on any atom is -0.463 e. The van der Waals surface area contributed by atoms with E-state index >= 15 is 0 Å². The molecule has 0 aromatic carbocycles. The van der Waals surface area contributed by atoms with Crippen molar-refractivity contribution in [3.8, 4) is 0 Å². The lowest BCUT2D eigenvalue weighted by Crippen LogP contribution is -2.66. The van der Waals surface area contributed by atoms with Crippen molar-refractivity contribution in [1.82, 2.24) is 4.90 Å². The Hall–Kier alpha value is -1.65. The molecule has 4 fully saturated rings. The van der Waals surface area contributed by atoms with Crippen molar-refractivity contribution < 1.29 is 19.1 Å². The van der Waals surface area contributed by atoms with Gasteiger partial charge in [0.25, 0.3) is 5.91 Å². The Bertz CT molecular complexity index is 556. The molecule has 4 aliphatic rings. The monoisotopic (exact) mass is 289 g/mol. The zero-order valence-corrected chi connectivity index (χ0v) is 12.0. The highest BCUT2D eigenvalue weighted by Gasteiger charge is 2.70. The van der Waals surface area contributed by atoms with Gasteiger partial charge in [0.2, 0.25) is 5.91 Å². The maximum Gasteiger partial charge on any atom is 0.302 e. The number of imide groups is 1. The number of amides is 2. The lowest BCUT2D eigenvalue weighted by Gasteiger charge is -2.50. The molecule has 0 spiro atoms. The van der Waals surface area contributed by atoms with Gasteiger partial charge in [0.1, 0.15) is 6.10 Å². The van der Waals surface area contributed by atoms with Gasteiger partial charge in [-0.3, -0.25) is 19.3 Å². The smallest absolute Gasteiger partial charge is 0.302 e. The van der Waals surface area contributed by atoms with Crippen molar-refractivity contribution in [2.24, 2.45) is 29.6 Å². The first-order valence-corrected chi connectivity index (χ1v) is 7.69. The zero-order valence-electron chi connectivity index (χ0n) is 12.0. The molecule has 0 aromatic rings. The van der Waals surface area contributed by atoms with Crippen molar-refractivity contribution in [2.75, 3.05) is 0 Å². The second-order valence-corrected chi connectivity index (χ2v) is 6.86. The maximum atomic E-state index is 12.3. The lowest BCUT2D eigenvalue weighted by atomic mass is 9.67. The van der Waals surface area contributed by atoms with Gasteiger partial charge in [-0.2, -0.15) is 0 Å². The zero-order chi connectivity index (χ0) is 14.9. The molecule has 5 heteroatoms. The van der Waals surface area contributed by atoms with Crippen LogP contribution in [0.3, 0.4) is 0 Å². The van der Waals surface area contributed by atoms with Crippen molar-refractivity contribution >= 4 is 17.8 Å². The SMILES string of the molecule is C=CC(=O)N1C(=O)C2C3CC(C4CC(OC(C)=O)CC43)C21. The Labute approximate surface area is 123 Å². The first-order chi connectivity index (χ1) is 10.0. The third-order valence-electron chi connectivity index (χ3n) is 6.10. The Morgan fingerprint density at radius 2 is 1.86 bits per heavy atom.